The number of hydrogen-bond donors (Lipinski definition) is 1. The quantitative estimate of drug-likeness (QED) is 0.770. The maximum absolute atomic E-state index is 12.8. The van der Waals surface area contributed by atoms with Gasteiger partial charge in [0.05, 0.1) is 12.6 Å². The van der Waals surface area contributed by atoms with Gasteiger partial charge in [-0.1, -0.05) is 0 Å². The summed E-state index contributed by atoms with van der Waals surface area (Å²) in [4.78, 5) is 0. The molecule has 1 aromatic carbocycles. The maximum atomic E-state index is 12.8. The summed E-state index contributed by atoms with van der Waals surface area (Å²) in [6.45, 7) is 0.148. The van der Waals surface area contributed by atoms with E-state index in [0.29, 0.717) is 5.56 Å². The van der Waals surface area contributed by atoms with Crippen LogP contribution in [0.3, 0.4) is 0 Å². The van der Waals surface area contributed by atoms with Crippen LogP contribution in [-0.2, 0) is 15.4 Å². The highest BCUT2D eigenvalue weighted by Gasteiger charge is 2.23. The molecule has 6 heteroatoms. The molecule has 0 radical (unpaired) electrons. The van der Waals surface area contributed by atoms with Crippen molar-refractivity contribution < 1.29 is 17.2 Å². The van der Waals surface area contributed by atoms with Gasteiger partial charge in [0.1, 0.15) is 11.6 Å². The molecule has 14 heavy (non-hydrogen) atoms. The zero-order chi connectivity index (χ0) is 10.1. The van der Waals surface area contributed by atoms with E-state index in [9.17, 15) is 13.0 Å². The fourth-order valence-electron chi connectivity index (χ4n) is 1.25. The predicted octanol–water partition coefficient (Wildman–Crippen LogP) is 1.20. The zero-order valence-electron chi connectivity index (χ0n) is 7.00. The Bertz CT molecular complexity index is 365. The van der Waals surface area contributed by atoms with Crippen molar-refractivity contribution in [2.75, 3.05) is 6.61 Å². The molecule has 76 valence electrons. The Hall–Kier alpha value is -0.850. The molecule has 1 N–H and O–H groups in total. The van der Waals surface area contributed by atoms with Crippen molar-refractivity contribution in [2.24, 2.45) is 0 Å². The van der Waals surface area contributed by atoms with E-state index in [0.717, 1.165) is 6.07 Å². The van der Waals surface area contributed by atoms with E-state index in [2.05, 4.69) is 4.72 Å². The third kappa shape index (κ3) is 1.97. The van der Waals surface area contributed by atoms with Crippen molar-refractivity contribution >= 4 is 11.3 Å². The summed E-state index contributed by atoms with van der Waals surface area (Å²) in [5.41, 5.74) is 0.397. The normalized spacial score (nSPS) is 26.7. The van der Waals surface area contributed by atoms with Crippen molar-refractivity contribution in [3.8, 4) is 0 Å². The fourth-order valence-corrected chi connectivity index (χ4v) is 2.02. The molecule has 1 saturated heterocycles. The monoisotopic (exact) mass is 219 g/mol. The van der Waals surface area contributed by atoms with Crippen molar-refractivity contribution in [2.45, 2.75) is 6.04 Å². The summed E-state index contributed by atoms with van der Waals surface area (Å²) in [7, 11) is 0. The Labute approximate surface area is 81.9 Å². The lowest BCUT2D eigenvalue weighted by molar-refractivity contribution is 0.358. The van der Waals surface area contributed by atoms with Crippen LogP contribution in [0.15, 0.2) is 18.2 Å². The molecule has 0 aromatic heterocycles. The van der Waals surface area contributed by atoms with Gasteiger partial charge in [0.2, 0.25) is 11.3 Å². The molecule has 1 fully saturated rings. The first-order chi connectivity index (χ1) is 6.65. The second-order valence-electron chi connectivity index (χ2n) is 2.89. The fraction of sp³-hybridized carbons (Fsp3) is 0.250. The summed E-state index contributed by atoms with van der Waals surface area (Å²) in [6.07, 6.45) is 0. The minimum Gasteiger partial charge on any atom is -0.276 e. The van der Waals surface area contributed by atoms with Crippen LogP contribution in [0.1, 0.15) is 11.6 Å². The molecule has 0 spiro atoms. The van der Waals surface area contributed by atoms with Crippen LogP contribution in [0.5, 0.6) is 0 Å². The number of nitrogens with one attached hydrogen (secondary N) is 1. The Morgan fingerprint density at radius 1 is 1.36 bits per heavy atom. The van der Waals surface area contributed by atoms with E-state index in [1.807, 2.05) is 0 Å². The highest BCUT2D eigenvalue weighted by molar-refractivity contribution is 7.78. The third-order valence-corrected chi connectivity index (χ3v) is 2.69. The number of benzene rings is 1. The van der Waals surface area contributed by atoms with E-state index in [-0.39, 0.29) is 6.61 Å². The average molecular weight is 219 g/mol. The first kappa shape index (κ1) is 9.70. The van der Waals surface area contributed by atoms with Gasteiger partial charge in [-0.2, -0.15) is 0 Å². The Morgan fingerprint density at radius 3 is 2.50 bits per heavy atom. The van der Waals surface area contributed by atoms with Gasteiger partial charge in [0.25, 0.3) is 0 Å². The van der Waals surface area contributed by atoms with Crippen LogP contribution in [-0.4, -0.2) is 10.8 Å². The molecular weight excluding hydrogens is 212 g/mol. The molecular formula is C8H7F2NO2S. The molecule has 2 atom stereocenters. The molecule has 3 nitrogen and oxygen atoms in total. The van der Waals surface area contributed by atoms with Crippen LogP contribution in [0.25, 0.3) is 0 Å². The minimum atomic E-state index is -1.56. The van der Waals surface area contributed by atoms with Gasteiger partial charge < -0.3 is 0 Å². The lowest BCUT2D eigenvalue weighted by Gasteiger charge is -2.06. The third-order valence-electron chi connectivity index (χ3n) is 1.87. The van der Waals surface area contributed by atoms with Gasteiger partial charge >= 0.3 is 0 Å². The van der Waals surface area contributed by atoms with Gasteiger partial charge in [0, 0.05) is 6.07 Å². The lowest BCUT2D eigenvalue weighted by atomic mass is 10.1. The first-order valence-corrected chi connectivity index (χ1v) is 5.00. The molecule has 1 aromatic rings. The molecule has 1 heterocycles. The van der Waals surface area contributed by atoms with E-state index in [1.165, 1.54) is 12.1 Å². The van der Waals surface area contributed by atoms with Crippen LogP contribution in [0.2, 0.25) is 0 Å². The Morgan fingerprint density at radius 2 is 2.00 bits per heavy atom. The van der Waals surface area contributed by atoms with Crippen molar-refractivity contribution in [3.05, 3.63) is 35.4 Å². The average Bonchev–Trinajstić information content (AvgIpc) is 2.50. The molecule has 2 unspecified atom stereocenters. The van der Waals surface area contributed by atoms with Crippen molar-refractivity contribution in [1.29, 1.82) is 0 Å². The second-order valence-corrected chi connectivity index (χ2v) is 3.83. The Balaban J connectivity index is 2.27. The smallest absolute Gasteiger partial charge is 0.235 e. The SMILES string of the molecule is O=S1NC(c2cc(F)cc(F)c2)CO1. The number of halogens is 2. The topological polar surface area (TPSA) is 38.3 Å². The number of hydrogen-bond acceptors (Lipinski definition) is 2. The Kier molecular flexibility index (Phi) is 2.58. The van der Waals surface area contributed by atoms with Crippen LogP contribution < -0.4 is 4.72 Å². The zero-order valence-corrected chi connectivity index (χ0v) is 7.81. The summed E-state index contributed by atoms with van der Waals surface area (Å²) in [6, 6.07) is 2.75. The molecule has 1 aliphatic heterocycles. The number of rotatable bonds is 1. The van der Waals surface area contributed by atoms with E-state index < -0.39 is 28.9 Å². The minimum absolute atomic E-state index is 0.148. The summed E-state index contributed by atoms with van der Waals surface area (Å²) >= 11 is -1.56. The van der Waals surface area contributed by atoms with Crippen LogP contribution >= 0.6 is 0 Å². The van der Waals surface area contributed by atoms with Gasteiger partial charge in [-0.15, -0.1) is 0 Å². The molecule has 2 rings (SSSR count). The van der Waals surface area contributed by atoms with Crippen LogP contribution in [0, 0.1) is 11.6 Å². The highest BCUT2D eigenvalue weighted by Crippen LogP contribution is 2.20. The van der Waals surface area contributed by atoms with Gasteiger partial charge in [0.15, 0.2) is 0 Å². The molecule has 1 aliphatic rings. The van der Waals surface area contributed by atoms with Gasteiger partial charge in [-0.25, -0.2) is 17.7 Å². The standard InChI is InChI=1S/C8H7F2NO2S/c9-6-1-5(2-7(10)3-6)8-4-13-14(12)11-8/h1-3,8,11H,4H2. The maximum Gasteiger partial charge on any atom is 0.235 e. The van der Waals surface area contributed by atoms with Gasteiger partial charge in [-0.3, -0.25) is 4.18 Å². The van der Waals surface area contributed by atoms with Crippen LogP contribution in [0.4, 0.5) is 8.78 Å². The lowest BCUT2D eigenvalue weighted by Crippen LogP contribution is -2.15. The van der Waals surface area contributed by atoms with E-state index >= 15 is 0 Å². The van der Waals surface area contributed by atoms with E-state index in [4.69, 9.17) is 4.18 Å². The van der Waals surface area contributed by atoms with Crippen molar-refractivity contribution in [1.82, 2.24) is 4.72 Å². The molecule has 0 amide bonds. The largest absolute Gasteiger partial charge is 0.276 e. The summed E-state index contributed by atoms with van der Waals surface area (Å²) in [5, 5.41) is 0. The predicted molar refractivity (Wildman–Crippen MR) is 46.3 cm³/mol. The van der Waals surface area contributed by atoms with E-state index in [1.54, 1.807) is 0 Å². The molecule has 0 saturated carbocycles. The summed E-state index contributed by atoms with van der Waals surface area (Å²) < 4.78 is 43.6. The highest BCUT2D eigenvalue weighted by atomic mass is 32.2. The van der Waals surface area contributed by atoms with Gasteiger partial charge in [-0.05, 0) is 17.7 Å². The summed E-state index contributed by atoms with van der Waals surface area (Å²) in [5.74, 6) is -1.31. The molecule has 0 bridgehead atoms. The first-order valence-electron chi connectivity index (χ1n) is 3.92. The molecule has 0 aliphatic carbocycles. The van der Waals surface area contributed by atoms with Crippen molar-refractivity contribution in [3.63, 3.8) is 0 Å². The second kappa shape index (κ2) is 3.72.